The highest BCUT2D eigenvalue weighted by atomic mass is 16.6. The molecule has 0 bridgehead atoms. The largest absolute Gasteiger partial charge is 0.493 e. The number of fused-ring (bicyclic) bond motifs is 1. The highest BCUT2D eigenvalue weighted by Crippen LogP contribution is 2.45. The van der Waals surface area contributed by atoms with Gasteiger partial charge in [0.25, 0.3) is 0 Å². The van der Waals surface area contributed by atoms with E-state index in [-0.39, 0.29) is 28.4 Å². The third-order valence-corrected chi connectivity index (χ3v) is 6.48. The van der Waals surface area contributed by atoms with Crippen LogP contribution in [-0.4, -0.2) is 32.1 Å². The summed E-state index contributed by atoms with van der Waals surface area (Å²) in [6, 6.07) is 11.6. The van der Waals surface area contributed by atoms with Gasteiger partial charge in [-0.05, 0) is 60.4 Å². The normalized spacial score (nSPS) is 10.7. The van der Waals surface area contributed by atoms with Gasteiger partial charge in [0.05, 0.1) is 19.8 Å². The van der Waals surface area contributed by atoms with E-state index in [9.17, 15) is 19.2 Å². The highest BCUT2D eigenvalue weighted by molar-refractivity contribution is 6.03. The first-order valence-corrected chi connectivity index (χ1v) is 13.0. The molecule has 1 aromatic heterocycles. The number of benzene rings is 3. The fourth-order valence-electron chi connectivity index (χ4n) is 4.78. The summed E-state index contributed by atoms with van der Waals surface area (Å²) in [5.41, 5.74) is 2.44. The lowest BCUT2D eigenvalue weighted by Crippen LogP contribution is -2.10. The molecular weight excluding hydrogens is 544 g/mol. The molecule has 42 heavy (non-hydrogen) atoms. The number of ether oxygens (including phenoxy) is 5. The van der Waals surface area contributed by atoms with Crippen LogP contribution in [0.2, 0.25) is 0 Å². The maximum Gasteiger partial charge on any atom is 0.344 e. The average Bonchev–Trinajstić information content (AvgIpc) is 2.94. The summed E-state index contributed by atoms with van der Waals surface area (Å²) in [5, 5.41) is 0.581. The number of hydrogen-bond donors (Lipinski definition) is 0. The molecule has 0 saturated carbocycles. The zero-order valence-corrected chi connectivity index (χ0v) is 24.3. The first kappa shape index (κ1) is 29.9. The van der Waals surface area contributed by atoms with E-state index in [4.69, 9.17) is 28.1 Å². The molecule has 3 aromatic carbocycles. The minimum absolute atomic E-state index is 0.0591. The molecule has 0 unspecified atom stereocenters. The molecule has 0 saturated heterocycles. The van der Waals surface area contributed by atoms with Crippen molar-refractivity contribution in [2.45, 2.75) is 41.0 Å². The fraction of sp³-hybridized carbons (Fsp3) is 0.250. The Hall–Kier alpha value is -5.12. The van der Waals surface area contributed by atoms with Crippen molar-refractivity contribution in [2.24, 2.45) is 0 Å². The van der Waals surface area contributed by atoms with E-state index in [1.54, 1.807) is 43.3 Å². The first-order valence-electron chi connectivity index (χ1n) is 13.0. The van der Waals surface area contributed by atoms with Gasteiger partial charge < -0.3 is 28.1 Å². The second-order valence-electron chi connectivity index (χ2n) is 9.37. The van der Waals surface area contributed by atoms with E-state index >= 15 is 0 Å². The van der Waals surface area contributed by atoms with Gasteiger partial charge >= 0.3 is 23.5 Å². The molecule has 0 spiro atoms. The lowest BCUT2D eigenvalue weighted by atomic mass is 9.90. The van der Waals surface area contributed by atoms with Crippen LogP contribution in [0, 0.1) is 6.92 Å². The van der Waals surface area contributed by atoms with Crippen LogP contribution >= 0.6 is 0 Å². The molecule has 0 atom stereocenters. The van der Waals surface area contributed by atoms with Gasteiger partial charge in [0.2, 0.25) is 5.75 Å². The molecule has 0 aliphatic carbocycles. The summed E-state index contributed by atoms with van der Waals surface area (Å²) in [6.45, 7) is 7.50. The van der Waals surface area contributed by atoms with E-state index in [1.807, 2.05) is 13.0 Å². The Morgan fingerprint density at radius 1 is 0.738 bits per heavy atom. The number of esters is 3. The molecule has 0 fully saturated rings. The van der Waals surface area contributed by atoms with Crippen LogP contribution in [-0.2, 0) is 20.8 Å². The van der Waals surface area contributed by atoms with Gasteiger partial charge in [0.15, 0.2) is 11.5 Å². The molecule has 4 aromatic rings. The lowest BCUT2D eigenvalue weighted by molar-refractivity contribution is -0.133. The number of carbonyl (C=O) groups is 3. The predicted octanol–water partition coefficient (Wildman–Crippen LogP) is 5.79. The third-order valence-electron chi connectivity index (χ3n) is 6.48. The Morgan fingerprint density at radius 3 is 1.79 bits per heavy atom. The summed E-state index contributed by atoms with van der Waals surface area (Å²) in [5.74, 6) is -0.512. The second kappa shape index (κ2) is 12.2. The fourth-order valence-corrected chi connectivity index (χ4v) is 4.78. The van der Waals surface area contributed by atoms with Crippen LogP contribution in [0.4, 0.5) is 0 Å². The number of carbonyl (C=O) groups excluding carboxylic acids is 3. The molecule has 0 amide bonds. The van der Waals surface area contributed by atoms with Crippen molar-refractivity contribution >= 4 is 28.9 Å². The van der Waals surface area contributed by atoms with Crippen molar-refractivity contribution in [3.05, 3.63) is 64.0 Å². The zero-order chi connectivity index (χ0) is 30.7. The molecule has 0 aliphatic heterocycles. The van der Waals surface area contributed by atoms with E-state index < -0.39 is 23.5 Å². The predicted molar refractivity (Wildman–Crippen MR) is 155 cm³/mol. The summed E-state index contributed by atoms with van der Waals surface area (Å²) in [6.07, 6.45) is 0.525. The van der Waals surface area contributed by atoms with Crippen LogP contribution in [0.3, 0.4) is 0 Å². The van der Waals surface area contributed by atoms with Gasteiger partial charge in [-0.3, -0.25) is 14.4 Å². The Morgan fingerprint density at radius 2 is 1.29 bits per heavy atom. The maximum absolute atomic E-state index is 13.8. The zero-order valence-electron chi connectivity index (χ0n) is 24.3. The smallest absolute Gasteiger partial charge is 0.344 e. The topological polar surface area (TPSA) is 128 Å². The Kier molecular flexibility index (Phi) is 8.65. The molecule has 0 radical (unpaired) electrons. The molecule has 10 heteroatoms. The summed E-state index contributed by atoms with van der Waals surface area (Å²) >= 11 is 0. The summed E-state index contributed by atoms with van der Waals surface area (Å²) in [7, 11) is 2.80. The number of rotatable bonds is 8. The minimum Gasteiger partial charge on any atom is -0.493 e. The van der Waals surface area contributed by atoms with Crippen molar-refractivity contribution in [3.63, 3.8) is 0 Å². The quantitative estimate of drug-likeness (QED) is 0.145. The maximum atomic E-state index is 13.8. The van der Waals surface area contributed by atoms with Gasteiger partial charge in [0, 0.05) is 37.3 Å². The van der Waals surface area contributed by atoms with Gasteiger partial charge in [-0.15, -0.1) is 0 Å². The second-order valence-corrected chi connectivity index (χ2v) is 9.37. The van der Waals surface area contributed by atoms with E-state index in [2.05, 4.69) is 0 Å². The van der Waals surface area contributed by atoms with Gasteiger partial charge in [0.1, 0.15) is 17.1 Å². The van der Waals surface area contributed by atoms with Gasteiger partial charge in [-0.25, -0.2) is 4.79 Å². The van der Waals surface area contributed by atoms with Crippen LogP contribution in [0.15, 0.2) is 51.7 Å². The standard InChI is InChI=1S/C32H30O10/c1-8-20-13-24-27(21-9-11-23(12-10-21)39-17(3)33)28(32(36)42-30(24)16(2)29(20)40-18(4)34)22-14-25(37-6)31(41-19(5)35)26(15-22)38-7/h9-15H,8H2,1-7H3. The van der Waals surface area contributed by atoms with Crippen molar-refractivity contribution in [1.29, 1.82) is 0 Å². The molecule has 218 valence electrons. The third kappa shape index (κ3) is 5.83. The molecular formula is C32H30O10. The molecule has 10 nitrogen and oxygen atoms in total. The summed E-state index contributed by atoms with van der Waals surface area (Å²) < 4.78 is 32.9. The van der Waals surface area contributed by atoms with Crippen LogP contribution in [0.25, 0.3) is 33.2 Å². The highest BCUT2D eigenvalue weighted by Gasteiger charge is 2.25. The molecule has 0 aliphatic rings. The Balaban J connectivity index is 2.14. The van der Waals surface area contributed by atoms with Crippen molar-refractivity contribution < 1.29 is 42.5 Å². The molecule has 1 heterocycles. The van der Waals surface area contributed by atoms with Crippen molar-refractivity contribution in [3.8, 4) is 51.0 Å². The minimum atomic E-state index is -0.688. The first-order chi connectivity index (χ1) is 20.0. The number of methoxy groups -OCH3 is 2. The van der Waals surface area contributed by atoms with E-state index in [0.29, 0.717) is 45.6 Å². The van der Waals surface area contributed by atoms with Gasteiger partial charge in [-0.2, -0.15) is 0 Å². The van der Waals surface area contributed by atoms with Crippen LogP contribution < -0.4 is 29.3 Å². The monoisotopic (exact) mass is 574 g/mol. The Bertz CT molecular complexity index is 1740. The van der Waals surface area contributed by atoms with Crippen LogP contribution in [0.5, 0.6) is 28.7 Å². The lowest BCUT2D eigenvalue weighted by Gasteiger charge is -2.19. The van der Waals surface area contributed by atoms with Crippen molar-refractivity contribution in [2.75, 3.05) is 14.2 Å². The van der Waals surface area contributed by atoms with Gasteiger partial charge in [-0.1, -0.05) is 19.1 Å². The SMILES string of the molecule is CCc1cc2c(-c3ccc(OC(C)=O)cc3)c(-c3cc(OC)c(OC(C)=O)c(OC)c3)c(=O)oc2c(C)c1OC(C)=O. The average molecular weight is 575 g/mol. The van der Waals surface area contributed by atoms with E-state index in [0.717, 1.165) is 5.56 Å². The van der Waals surface area contributed by atoms with Crippen LogP contribution in [0.1, 0.15) is 38.8 Å². The van der Waals surface area contributed by atoms with E-state index in [1.165, 1.54) is 35.0 Å². The van der Waals surface area contributed by atoms with Crippen molar-refractivity contribution in [1.82, 2.24) is 0 Å². The Labute approximate surface area is 241 Å². The summed E-state index contributed by atoms with van der Waals surface area (Å²) in [4.78, 5) is 49.0. The molecule has 0 N–H and O–H groups in total. The molecule has 4 rings (SSSR count). The number of aryl methyl sites for hydroxylation is 2. The number of hydrogen-bond acceptors (Lipinski definition) is 10.